The SMILES string of the molecule is COCCOCCOc1ccc(C#N)cc1[N+](=O)[O-]. The number of nitriles is 1. The van der Waals surface area contributed by atoms with Gasteiger partial charge < -0.3 is 14.2 Å². The first-order valence-corrected chi connectivity index (χ1v) is 5.57. The van der Waals surface area contributed by atoms with E-state index in [1.54, 1.807) is 7.11 Å². The van der Waals surface area contributed by atoms with Gasteiger partial charge in [0.05, 0.1) is 36.4 Å². The molecule has 0 saturated carbocycles. The summed E-state index contributed by atoms with van der Waals surface area (Å²) in [5.74, 6) is 0.124. The number of hydrogen-bond acceptors (Lipinski definition) is 6. The third-order valence-electron chi connectivity index (χ3n) is 2.20. The Morgan fingerprint density at radius 2 is 2.05 bits per heavy atom. The fraction of sp³-hybridized carbons (Fsp3) is 0.417. The summed E-state index contributed by atoms with van der Waals surface area (Å²) in [4.78, 5) is 10.3. The van der Waals surface area contributed by atoms with Crippen molar-refractivity contribution >= 4 is 5.69 Å². The Bertz CT molecular complexity index is 470. The highest BCUT2D eigenvalue weighted by atomic mass is 16.6. The van der Waals surface area contributed by atoms with Gasteiger partial charge in [0.15, 0.2) is 5.75 Å². The number of nitro benzene ring substituents is 1. The molecule has 1 rings (SSSR count). The van der Waals surface area contributed by atoms with Crippen LogP contribution >= 0.6 is 0 Å². The minimum absolute atomic E-state index is 0.124. The maximum atomic E-state index is 10.8. The van der Waals surface area contributed by atoms with Gasteiger partial charge in [-0.25, -0.2) is 0 Å². The van der Waals surface area contributed by atoms with Crippen LogP contribution in [-0.2, 0) is 9.47 Å². The van der Waals surface area contributed by atoms with E-state index >= 15 is 0 Å². The molecule has 0 spiro atoms. The van der Waals surface area contributed by atoms with E-state index in [9.17, 15) is 10.1 Å². The first-order valence-electron chi connectivity index (χ1n) is 5.57. The van der Waals surface area contributed by atoms with E-state index in [-0.39, 0.29) is 23.6 Å². The number of nitro groups is 1. The molecule has 0 fully saturated rings. The second-order valence-corrected chi connectivity index (χ2v) is 3.51. The molecule has 0 aliphatic rings. The Kier molecular flexibility index (Phi) is 6.29. The predicted octanol–water partition coefficient (Wildman–Crippen LogP) is 1.51. The minimum Gasteiger partial charge on any atom is -0.484 e. The first kappa shape index (κ1) is 14.9. The van der Waals surface area contributed by atoms with Gasteiger partial charge in [0.2, 0.25) is 0 Å². The van der Waals surface area contributed by atoms with Gasteiger partial charge in [-0.2, -0.15) is 5.26 Å². The zero-order valence-corrected chi connectivity index (χ0v) is 10.5. The van der Waals surface area contributed by atoms with Crippen molar-refractivity contribution in [2.45, 2.75) is 0 Å². The summed E-state index contributed by atoms with van der Waals surface area (Å²) < 4.78 is 15.2. The van der Waals surface area contributed by atoms with E-state index in [1.165, 1.54) is 18.2 Å². The van der Waals surface area contributed by atoms with Gasteiger partial charge in [-0.1, -0.05) is 0 Å². The fourth-order valence-electron chi connectivity index (χ4n) is 1.31. The number of hydrogen-bond donors (Lipinski definition) is 0. The molecule has 0 heterocycles. The third kappa shape index (κ3) is 4.91. The largest absolute Gasteiger partial charge is 0.484 e. The van der Waals surface area contributed by atoms with E-state index in [4.69, 9.17) is 19.5 Å². The summed E-state index contributed by atoms with van der Waals surface area (Å²) in [7, 11) is 1.57. The minimum atomic E-state index is -0.581. The van der Waals surface area contributed by atoms with Crippen molar-refractivity contribution in [3.05, 3.63) is 33.9 Å². The number of ether oxygens (including phenoxy) is 3. The highest BCUT2D eigenvalue weighted by molar-refractivity contribution is 5.51. The lowest BCUT2D eigenvalue weighted by atomic mass is 10.2. The van der Waals surface area contributed by atoms with Crippen LogP contribution in [0, 0.1) is 21.4 Å². The lowest BCUT2D eigenvalue weighted by Crippen LogP contribution is -2.10. The molecule has 1 aromatic rings. The van der Waals surface area contributed by atoms with Gasteiger partial charge in [-0.05, 0) is 12.1 Å². The third-order valence-corrected chi connectivity index (χ3v) is 2.20. The van der Waals surface area contributed by atoms with Gasteiger partial charge >= 0.3 is 5.69 Å². The van der Waals surface area contributed by atoms with E-state index in [2.05, 4.69) is 0 Å². The molecule has 0 aliphatic heterocycles. The molecule has 0 bridgehead atoms. The summed E-state index contributed by atoms with van der Waals surface area (Å²) in [6.07, 6.45) is 0. The van der Waals surface area contributed by atoms with E-state index in [0.29, 0.717) is 19.8 Å². The van der Waals surface area contributed by atoms with E-state index in [0.717, 1.165) is 0 Å². The Labute approximate surface area is 110 Å². The average molecular weight is 266 g/mol. The molecule has 1 aromatic carbocycles. The van der Waals surface area contributed by atoms with Crippen LogP contribution in [0.4, 0.5) is 5.69 Å². The summed E-state index contributed by atoms with van der Waals surface area (Å²) in [5, 5.41) is 19.5. The highest BCUT2D eigenvalue weighted by Crippen LogP contribution is 2.27. The van der Waals surface area contributed by atoms with Crippen LogP contribution in [0.3, 0.4) is 0 Å². The van der Waals surface area contributed by atoms with Crippen LogP contribution in [0.2, 0.25) is 0 Å². The van der Waals surface area contributed by atoms with Crippen molar-refractivity contribution in [2.24, 2.45) is 0 Å². The topological polar surface area (TPSA) is 94.6 Å². The van der Waals surface area contributed by atoms with Crippen molar-refractivity contribution in [1.29, 1.82) is 5.26 Å². The van der Waals surface area contributed by atoms with Crippen molar-refractivity contribution in [3.63, 3.8) is 0 Å². The van der Waals surface area contributed by atoms with Gasteiger partial charge in [0.25, 0.3) is 0 Å². The smallest absolute Gasteiger partial charge is 0.312 e. The number of nitrogens with zero attached hydrogens (tertiary/aromatic N) is 2. The quantitative estimate of drug-likeness (QED) is 0.402. The molecular formula is C12H14N2O5. The maximum absolute atomic E-state index is 10.8. The summed E-state index contributed by atoms with van der Waals surface area (Å²) in [6.45, 7) is 1.42. The number of rotatable bonds is 8. The van der Waals surface area contributed by atoms with Crippen LogP contribution in [0.1, 0.15) is 5.56 Å². The van der Waals surface area contributed by atoms with E-state index in [1.807, 2.05) is 6.07 Å². The average Bonchev–Trinajstić information content (AvgIpc) is 2.42. The molecule has 0 saturated heterocycles. The molecule has 0 aromatic heterocycles. The molecular weight excluding hydrogens is 252 g/mol. The Morgan fingerprint density at radius 1 is 1.32 bits per heavy atom. The molecule has 7 nitrogen and oxygen atoms in total. The Balaban J connectivity index is 2.53. The van der Waals surface area contributed by atoms with Gasteiger partial charge in [0, 0.05) is 13.2 Å². The van der Waals surface area contributed by atoms with Crippen LogP contribution < -0.4 is 4.74 Å². The van der Waals surface area contributed by atoms with Gasteiger partial charge in [-0.15, -0.1) is 0 Å². The van der Waals surface area contributed by atoms with Crippen molar-refractivity contribution in [1.82, 2.24) is 0 Å². The van der Waals surface area contributed by atoms with Gasteiger partial charge in [0.1, 0.15) is 6.61 Å². The van der Waals surface area contributed by atoms with E-state index < -0.39 is 4.92 Å². The van der Waals surface area contributed by atoms with Crippen molar-refractivity contribution in [3.8, 4) is 11.8 Å². The number of methoxy groups -OCH3 is 1. The molecule has 7 heteroatoms. The molecule has 0 unspecified atom stereocenters. The highest BCUT2D eigenvalue weighted by Gasteiger charge is 2.15. The second kappa shape index (κ2) is 8.02. The second-order valence-electron chi connectivity index (χ2n) is 3.51. The van der Waals surface area contributed by atoms with Crippen LogP contribution in [0.5, 0.6) is 5.75 Å². The summed E-state index contributed by atoms with van der Waals surface area (Å²) in [6, 6.07) is 5.90. The molecule has 19 heavy (non-hydrogen) atoms. The number of benzene rings is 1. The Hall–Kier alpha value is -2.17. The standard InChI is InChI=1S/C12H14N2O5/c1-17-4-5-18-6-7-19-12-3-2-10(9-13)8-11(12)14(15)16/h2-3,8H,4-7H2,1H3. The molecule has 0 aliphatic carbocycles. The summed E-state index contributed by atoms with van der Waals surface area (Å²) >= 11 is 0. The van der Waals surface area contributed by atoms with Crippen molar-refractivity contribution < 1.29 is 19.1 Å². The zero-order valence-electron chi connectivity index (χ0n) is 10.5. The maximum Gasteiger partial charge on any atom is 0.312 e. The lowest BCUT2D eigenvalue weighted by molar-refractivity contribution is -0.385. The first-order chi connectivity index (χ1) is 9.19. The zero-order chi connectivity index (χ0) is 14.1. The van der Waals surface area contributed by atoms with Crippen LogP contribution in [0.25, 0.3) is 0 Å². The molecule has 0 radical (unpaired) electrons. The molecule has 0 amide bonds. The predicted molar refractivity (Wildman–Crippen MR) is 66.0 cm³/mol. The normalized spacial score (nSPS) is 9.89. The van der Waals surface area contributed by atoms with Gasteiger partial charge in [-0.3, -0.25) is 10.1 Å². The lowest BCUT2D eigenvalue weighted by Gasteiger charge is -2.07. The summed E-state index contributed by atoms with van der Waals surface area (Å²) in [5.41, 5.74) is -0.00802. The van der Waals surface area contributed by atoms with Crippen molar-refractivity contribution in [2.75, 3.05) is 33.5 Å². The molecule has 0 N–H and O–H groups in total. The van der Waals surface area contributed by atoms with Crippen LogP contribution in [-0.4, -0.2) is 38.5 Å². The Morgan fingerprint density at radius 3 is 2.68 bits per heavy atom. The fourth-order valence-corrected chi connectivity index (χ4v) is 1.31. The molecule has 0 atom stereocenters. The molecule has 102 valence electrons. The van der Waals surface area contributed by atoms with Crippen LogP contribution in [0.15, 0.2) is 18.2 Å². The monoisotopic (exact) mass is 266 g/mol.